The topological polar surface area (TPSA) is 64.7 Å². The summed E-state index contributed by atoms with van der Waals surface area (Å²) in [6, 6.07) is 0.0873. The van der Waals surface area contributed by atoms with Gasteiger partial charge < -0.3 is 10.5 Å². The van der Waals surface area contributed by atoms with Gasteiger partial charge in [0.05, 0.1) is 12.1 Å². The van der Waals surface area contributed by atoms with Gasteiger partial charge in [0.1, 0.15) is 0 Å². The molecule has 4 heteroatoms. The Balaban J connectivity index is 1.53. The van der Waals surface area contributed by atoms with Gasteiger partial charge >= 0.3 is 5.97 Å². The van der Waals surface area contributed by atoms with E-state index in [1.54, 1.807) is 0 Å². The van der Waals surface area contributed by atoms with Gasteiger partial charge in [0.25, 0.3) is 0 Å². The van der Waals surface area contributed by atoms with E-state index in [0.717, 1.165) is 25.7 Å². The summed E-state index contributed by atoms with van der Waals surface area (Å²) in [4.78, 5) is 16.1. The van der Waals surface area contributed by atoms with Gasteiger partial charge in [0.2, 0.25) is 0 Å². The number of allylic oxidation sites excluding steroid dienone is 1. The molecule has 5 aliphatic rings. The number of aliphatic imine (C=N–C) groups is 1. The van der Waals surface area contributed by atoms with E-state index in [1.165, 1.54) is 6.42 Å². The zero-order chi connectivity index (χ0) is 16.5. The molecule has 124 valence electrons. The van der Waals surface area contributed by atoms with Crippen LogP contribution in [0.5, 0.6) is 0 Å². The van der Waals surface area contributed by atoms with Crippen LogP contribution in [0.3, 0.4) is 0 Å². The number of nitrogens with two attached hydrogens (primary N) is 1. The van der Waals surface area contributed by atoms with E-state index in [0.29, 0.717) is 24.9 Å². The van der Waals surface area contributed by atoms with Crippen LogP contribution >= 0.6 is 0 Å². The lowest BCUT2D eigenvalue weighted by molar-refractivity contribution is -0.143. The van der Waals surface area contributed by atoms with Crippen molar-refractivity contribution in [3.05, 3.63) is 12.7 Å². The first-order valence-electron chi connectivity index (χ1n) is 8.65. The summed E-state index contributed by atoms with van der Waals surface area (Å²) in [6.45, 7) is 6.26. The summed E-state index contributed by atoms with van der Waals surface area (Å²) in [5.41, 5.74) is 6.40. The highest BCUT2D eigenvalue weighted by Gasteiger charge is 2.67. The Hall–Kier alpha value is -1.60. The standard InChI is InChI=1S/C19H26N2O2/c1-3-18-13-21-19(12-14(18)11-15(18)17(19)20)10-8-6-5-7-9-16(22)23-4-2/h3,13-15,17H,1,4-5,7,9-12,20H2,2H3. The fraction of sp³-hybridized carbons (Fsp3) is 0.684. The molecule has 0 spiro atoms. The number of nitrogens with zero attached hydrogens (tertiary/aromatic N) is 1. The Labute approximate surface area is 138 Å². The summed E-state index contributed by atoms with van der Waals surface area (Å²) >= 11 is 0. The fourth-order valence-corrected chi connectivity index (χ4v) is 4.56. The Bertz CT molecular complexity index is 588. The van der Waals surface area contributed by atoms with Crippen molar-refractivity contribution in [1.82, 2.24) is 0 Å². The van der Waals surface area contributed by atoms with E-state index in [2.05, 4.69) is 30.7 Å². The maximum absolute atomic E-state index is 11.3. The molecule has 5 rings (SSSR count). The van der Waals surface area contributed by atoms with Gasteiger partial charge in [-0.15, -0.1) is 18.4 Å². The van der Waals surface area contributed by atoms with Crippen molar-refractivity contribution in [2.75, 3.05) is 6.61 Å². The molecule has 2 heterocycles. The molecule has 3 fully saturated rings. The van der Waals surface area contributed by atoms with Gasteiger partial charge in [-0.1, -0.05) is 6.08 Å². The largest absolute Gasteiger partial charge is 0.466 e. The summed E-state index contributed by atoms with van der Waals surface area (Å²) in [7, 11) is 0. The van der Waals surface area contributed by atoms with Crippen LogP contribution in [0.1, 0.15) is 45.4 Å². The SMILES string of the molecule is C=CC12C=NC3(CC#CCCCC(=O)OCC)CC1CC2C3N. The molecular weight excluding hydrogens is 288 g/mol. The maximum Gasteiger partial charge on any atom is 0.305 e. The average molecular weight is 314 g/mol. The minimum absolute atomic E-state index is 0.0637. The molecule has 2 aliphatic heterocycles. The van der Waals surface area contributed by atoms with Crippen molar-refractivity contribution in [3.63, 3.8) is 0 Å². The van der Waals surface area contributed by atoms with Gasteiger partial charge in [-0.3, -0.25) is 9.79 Å². The van der Waals surface area contributed by atoms with Crippen LogP contribution in [0.4, 0.5) is 0 Å². The van der Waals surface area contributed by atoms with Crippen LogP contribution < -0.4 is 5.73 Å². The van der Waals surface area contributed by atoms with E-state index >= 15 is 0 Å². The minimum atomic E-state index is -0.188. The Morgan fingerprint density at radius 3 is 3.04 bits per heavy atom. The molecule has 0 amide bonds. The normalized spacial score (nSPS) is 39.1. The lowest BCUT2D eigenvalue weighted by Crippen LogP contribution is -2.73. The summed E-state index contributed by atoms with van der Waals surface area (Å²) in [5.74, 6) is 7.43. The third kappa shape index (κ3) is 2.52. The molecular formula is C19H26N2O2. The van der Waals surface area contributed by atoms with Gasteiger partial charge in [0.15, 0.2) is 0 Å². The highest BCUT2D eigenvalue weighted by molar-refractivity contribution is 5.75. The van der Waals surface area contributed by atoms with Gasteiger partial charge in [0, 0.05) is 36.9 Å². The number of hydrogen-bond donors (Lipinski definition) is 1. The first kappa shape index (κ1) is 16.3. The molecule has 0 aromatic carbocycles. The molecule has 5 unspecified atom stereocenters. The molecule has 3 saturated carbocycles. The first-order valence-corrected chi connectivity index (χ1v) is 8.65. The summed E-state index contributed by atoms with van der Waals surface area (Å²) < 4.78 is 4.90. The van der Waals surface area contributed by atoms with Gasteiger partial charge in [-0.2, -0.15) is 0 Å². The molecule has 23 heavy (non-hydrogen) atoms. The Morgan fingerprint density at radius 2 is 2.39 bits per heavy atom. The zero-order valence-electron chi connectivity index (χ0n) is 13.9. The third-order valence-corrected chi connectivity index (χ3v) is 5.95. The summed E-state index contributed by atoms with van der Waals surface area (Å²) in [6.07, 6.45) is 9.03. The number of esters is 1. The predicted molar refractivity (Wildman–Crippen MR) is 90.9 cm³/mol. The lowest BCUT2D eigenvalue weighted by atomic mass is 9.40. The minimum Gasteiger partial charge on any atom is -0.466 e. The van der Waals surface area contributed by atoms with Gasteiger partial charge in [-0.05, 0) is 38.0 Å². The number of carbonyl (C=O) groups excluding carboxylic acids is 1. The second-order valence-corrected chi connectivity index (χ2v) is 7.02. The van der Waals surface area contributed by atoms with Crippen LogP contribution in [-0.4, -0.2) is 30.4 Å². The number of unbranched alkanes of at least 4 members (excludes halogenated alkanes) is 1. The van der Waals surface area contributed by atoms with Gasteiger partial charge in [-0.25, -0.2) is 0 Å². The quantitative estimate of drug-likeness (QED) is 0.354. The number of ether oxygens (including phenoxy) is 1. The first-order chi connectivity index (χ1) is 11.1. The predicted octanol–water partition coefficient (Wildman–Crippen LogP) is 2.48. The van der Waals surface area contributed by atoms with Crippen LogP contribution in [0.25, 0.3) is 0 Å². The zero-order valence-corrected chi connectivity index (χ0v) is 13.9. The average Bonchev–Trinajstić information content (AvgIpc) is 2.53. The number of carbonyl (C=O) groups is 1. The molecule has 0 aromatic heterocycles. The van der Waals surface area contributed by atoms with Crippen LogP contribution in [0, 0.1) is 29.1 Å². The Morgan fingerprint density at radius 1 is 1.57 bits per heavy atom. The van der Waals surface area contributed by atoms with Crippen molar-refractivity contribution in [2.45, 2.75) is 57.0 Å². The lowest BCUT2D eigenvalue weighted by Gasteiger charge is -2.67. The van der Waals surface area contributed by atoms with Crippen LogP contribution in [-0.2, 0) is 9.53 Å². The van der Waals surface area contributed by atoms with E-state index in [9.17, 15) is 4.79 Å². The van der Waals surface area contributed by atoms with Crippen molar-refractivity contribution in [1.29, 1.82) is 0 Å². The smallest absolute Gasteiger partial charge is 0.305 e. The van der Waals surface area contributed by atoms with Crippen molar-refractivity contribution >= 4 is 12.2 Å². The fourth-order valence-electron chi connectivity index (χ4n) is 4.56. The molecule has 0 radical (unpaired) electrons. The molecule has 4 nitrogen and oxygen atoms in total. The Kier molecular flexibility index (Phi) is 4.33. The third-order valence-electron chi connectivity index (χ3n) is 5.95. The van der Waals surface area contributed by atoms with Crippen molar-refractivity contribution < 1.29 is 9.53 Å². The van der Waals surface area contributed by atoms with E-state index < -0.39 is 0 Å². The second-order valence-electron chi connectivity index (χ2n) is 7.02. The molecule has 2 N–H and O–H groups in total. The number of rotatable bonds is 6. The second kappa shape index (κ2) is 6.13. The molecule has 0 aromatic rings. The van der Waals surface area contributed by atoms with E-state index in [-0.39, 0.29) is 23.0 Å². The molecule has 3 aliphatic carbocycles. The van der Waals surface area contributed by atoms with E-state index in [4.69, 9.17) is 15.5 Å². The monoisotopic (exact) mass is 314 g/mol. The highest BCUT2D eigenvalue weighted by Crippen LogP contribution is 2.65. The maximum atomic E-state index is 11.3. The molecule has 0 saturated heterocycles. The highest BCUT2D eigenvalue weighted by atomic mass is 16.5. The molecule has 5 atom stereocenters. The van der Waals surface area contributed by atoms with Crippen LogP contribution in [0.2, 0.25) is 0 Å². The summed E-state index contributed by atoms with van der Waals surface area (Å²) in [5, 5.41) is 0. The van der Waals surface area contributed by atoms with Crippen molar-refractivity contribution in [3.8, 4) is 11.8 Å². The molecule has 4 bridgehead atoms. The van der Waals surface area contributed by atoms with Crippen LogP contribution in [0.15, 0.2) is 17.6 Å². The van der Waals surface area contributed by atoms with E-state index in [1.807, 2.05) is 6.92 Å². The van der Waals surface area contributed by atoms with Crippen molar-refractivity contribution in [2.24, 2.45) is 28.0 Å². The number of hydrogen-bond acceptors (Lipinski definition) is 4.